The van der Waals surface area contributed by atoms with Crippen molar-refractivity contribution < 1.29 is 22.7 Å². The Morgan fingerprint density at radius 3 is 2.72 bits per heavy atom. The number of methoxy groups -OCH3 is 1. The first-order chi connectivity index (χ1) is 11.9. The normalized spacial score (nSPS) is 15.0. The summed E-state index contributed by atoms with van der Waals surface area (Å²) in [6.07, 6.45) is -2.43. The van der Waals surface area contributed by atoms with E-state index >= 15 is 0 Å². The van der Waals surface area contributed by atoms with Gasteiger partial charge in [-0.3, -0.25) is 9.78 Å². The number of benzene rings is 1. The quantitative estimate of drug-likeness (QED) is 0.788. The summed E-state index contributed by atoms with van der Waals surface area (Å²) in [6, 6.07) is 8.71. The molecule has 0 spiro atoms. The predicted octanol–water partition coefficient (Wildman–Crippen LogP) is 3.77. The number of hydrogen-bond donors (Lipinski definition) is 0. The molecule has 0 N–H and O–H groups in total. The molecule has 1 aromatic heterocycles. The summed E-state index contributed by atoms with van der Waals surface area (Å²) in [7, 11) is 1.36. The molecule has 0 saturated carbocycles. The van der Waals surface area contributed by atoms with E-state index in [9.17, 15) is 18.0 Å². The molecule has 1 aromatic carbocycles. The summed E-state index contributed by atoms with van der Waals surface area (Å²) in [6.45, 7) is 1.42. The van der Waals surface area contributed by atoms with Crippen LogP contribution in [0.2, 0.25) is 0 Å². The number of ether oxygens (including phenoxy) is 1. The van der Waals surface area contributed by atoms with E-state index in [2.05, 4.69) is 14.6 Å². The zero-order chi connectivity index (χ0) is 18.0. The molecule has 0 aliphatic carbocycles. The van der Waals surface area contributed by atoms with Crippen molar-refractivity contribution in [3.63, 3.8) is 0 Å². The van der Waals surface area contributed by atoms with Crippen LogP contribution >= 0.6 is 0 Å². The molecule has 1 aliphatic heterocycles. The third-order valence-electron chi connectivity index (χ3n) is 4.23. The van der Waals surface area contributed by atoms with E-state index in [0.29, 0.717) is 30.8 Å². The van der Waals surface area contributed by atoms with Gasteiger partial charge in [0, 0.05) is 36.5 Å². The minimum atomic E-state index is -4.38. The van der Waals surface area contributed by atoms with Crippen LogP contribution in [0.25, 0.3) is 11.3 Å². The molecule has 25 heavy (non-hydrogen) atoms. The van der Waals surface area contributed by atoms with Crippen LogP contribution in [0.5, 0.6) is 0 Å². The standard InChI is InChI=1S/C18H17F3N2O2/c1-25-17(24)7-12-10-23(11-12)15-5-6-22-16(9-15)13-3-2-4-14(8-13)18(19,20)21/h2-6,8-9,12H,7,10-11H2,1H3. The Labute approximate surface area is 143 Å². The van der Waals surface area contributed by atoms with E-state index in [4.69, 9.17) is 0 Å². The number of anilines is 1. The second-order valence-electron chi connectivity index (χ2n) is 6.03. The molecule has 2 aromatic rings. The van der Waals surface area contributed by atoms with Gasteiger partial charge in [-0.1, -0.05) is 12.1 Å². The van der Waals surface area contributed by atoms with Gasteiger partial charge in [-0.15, -0.1) is 0 Å². The second-order valence-corrected chi connectivity index (χ2v) is 6.03. The van der Waals surface area contributed by atoms with E-state index in [-0.39, 0.29) is 11.9 Å². The highest BCUT2D eigenvalue weighted by Crippen LogP contribution is 2.33. The van der Waals surface area contributed by atoms with Gasteiger partial charge in [-0.05, 0) is 24.3 Å². The number of carbonyl (C=O) groups excluding carboxylic acids is 1. The van der Waals surface area contributed by atoms with Gasteiger partial charge in [-0.2, -0.15) is 13.2 Å². The number of rotatable bonds is 4. The van der Waals surface area contributed by atoms with Gasteiger partial charge < -0.3 is 9.64 Å². The summed E-state index contributed by atoms with van der Waals surface area (Å²) in [5.41, 5.74) is 1.09. The molecule has 0 radical (unpaired) electrons. The van der Waals surface area contributed by atoms with Crippen molar-refractivity contribution in [2.45, 2.75) is 12.6 Å². The maximum absolute atomic E-state index is 12.9. The van der Waals surface area contributed by atoms with Crippen LogP contribution in [0.4, 0.5) is 18.9 Å². The number of alkyl halides is 3. The number of aromatic nitrogens is 1. The van der Waals surface area contributed by atoms with Crippen molar-refractivity contribution in [2.24, 2.45) is 5.92 Å². The van der Waals surface area contributed by atoms with Crippen LogP contribution in [0.3, 0.4) is 0 Å². The van der Waals surface area contributed by atoms with Crippen molar-refractivity contribution in [1.29, 1.82) is 0 Å². The first-order valence-electron chi connectivity index (χ1n) is 7.82. The molecule has 0 amide bonds. The lowest BCUT2D eigenvalue weighted by Gasteiger charge is -2.40. The lowest BCUT2D eigenvalue weighted by Crippen LogP contribution is -2.47. The summed E-state index contributed by atoms with van der Waals surface area (Å²) >= 11 is 0. The SMILES string of the molecule is COC(=O)CC1CN(c2ccnc(-c3cccc(C(F)(F)F)c3)c2)C1. The third-order valence-corrected chi connectivity index (χ3v) is 4.23. The average molecular weight is 350 g/mol. The number of hydrogen-bond acceptors (Lipinski definition) is 4. The fraction of sp³-hybridized carbons (Fsp3) is 0.333. The molecule has 4 nitrogen and oxygen atoms in total. The maximum atomic E-state index is 12.9. The molecule has 132 valence electrons. The zero-order valence-electron chi connectivity index (χ0n) is 13.6. The third kappa shape index (κ3) is 3.92. The van der Waals surface area contributed by atoms with Crippen LogP contribution < -0.4 is 4.90 Å². The highest BCUT2D eigenvalue weighted by molar-refractivity contribution is 5.70. The van der Waals surface area contributed by atoms with Gasteiger partial charge in [0.25, 0.3) is 0 Å². The van der Waals surface area contributed by atoms with Crippen molar-refractivity contribution in [3.05, 3.63) is 48.2 Å². The highest BCUT2D eigenvalue weighted by atomic mass is 19.4. The van der Waals surface area contributed by atoms with Crippen molar-refractivity contribution in [3.8, 4) is 11.3 Å². The fourth-order valence-electron chi connectivity index (χ4n) is 2.86. The second kappa shape index (κ2) is 6.74. The van der Waals surface area contributed by atoms with Gasteiger partial charge in [-0.25, -0.2) is 0 Å². The van der Waals surface area contributed by atoms with Crippen molar-refractivity contribution in [1.82, 2.24) is 4.98 Å². The van der Waals surface area contributed by atoms with Gasteiger partial charge in [0.1, 0.15) is 0 Å². The molecule has 0 unspecified atom stereocenters. The van der Waals surface area contributed by atoms with E-state index < -0.39 is 11.7 Å². The van der Waals surface area contributed by atoms with Crippen LogP contribution in [0.15, 0.2) is 42.6 Å². The first-order valence-corrected chi connectivity index (χ1v) is 7.82. The summed E-state index contributed by atoms with van der Waals surface area (Å²) in [5, 5.41) is 0. The lowest BCUT2D eigenvalue weighted by atomic mass is 9.95. The Morgan fingerprint density at radius 2 is 2.04 bits per heavy atom. The molecule has 1 fully saturated rings. The topological polar surface area (TPSA) is 42.4 Å². The van der Waals surface area contributed by atoms with E-state index in [1.807, 2.05) is 6.07 Å². The smallest absolute Gasteiger partial charge is 0.416 e. The molecule has 2 heterocycles. The minimum Gasteiger partial charge on any atom is -0.469 e. The Hall–Kier alpha value is -2.57. The Bertz CT molecular complexity index is 771. The van der Waals surface area contributed by atoms with E-state index in [1.54, 1.807) is 18.3 Å². The van der Waals surface area contributed by atoms with Gasteiger partial charge in [0.2, 0.25) is 0 Å². The van der Waals surface area contributed by atoms with E-state index in [0.717, 1.165) is 17.8 Å². The van der Waals surface area contributed by atoms with Crippen molar-refractivity contribution in [2.75, 3.05) is 25.1 Å². The van der Waals surface area contributed by atoms with E-state index in [1.165, 1.54) is 13.2 Å². The summed E-state index contributed by atoms with van der Waals surface area (Å²) in [4.78, 5) is 17.5. The van der Waals surface area contributed by atoms with Gasteiger partial charge in [0.15, 0.2) is 0 Å². The average Bonchev–Trinajstić information content (AvgIpc) is 2.57. The van der Waals surface area contributed by atoms with Crippen LogP contribution in [0.1, 0.15) is 12.0 Å². The van der Waals surface area contributed by atoms with Crippen molar-refractivity contribution >= 4 is 11.7 Å². The molecule has 0 bridgehead atoms. The van der Waals surface area contributed by atoms with Crippen LogP contribution in [-0.2, 0) is 15.7 Å². The number of pyridine rings is 1. The summed E-state index contributed by atoms with van der Waals surface area (Å²) < 4.78 is 43.2. The van der Waals surface area contributed by atoms with Gasteiger partial charge >= 0.3 is 12.1 Å². The first kappa shape index (κ1) is 17.3. The zero-order valence-corrected chi connectivity index (χ0v) is 13.6. The maximum Gasteiger partial charge on any atom is 0.416 e. The number of carbonyl (C=O) groups is 1. The largest absolute Gasteiger partial charge is 0.469 e. The molecular weight excluding hydrogens is 333 g/mol. The molecular formula is C18H17F3N2O2. The Kier molecular flexibility index (Phi) is 4.65. The monoisotopic (exact) mass is 350 g/mol. The van der Waals surface area contributed by atoms with Crippen LogP contribution in [-0.4, -0.2) is 31.2 Å². The van der Waals surface area contributed by atoms with Crippen LogP contribution in [0, 0.1) is 5.92 Å². The molecule has 1 saturated heterocycles. The Balaban J connectivity index is 1.74. The number of halogens is 3. The number of esters is 1. The molecule has 7 heteroatoms. The minimum absolute atomic E-state index is 0.232. The number of nitrogens with zero attached hydrogens (tertiary/aromatic N) is 2. The molecule has 0 atom stereocenters. The molecule has 1 aliphatic rings. The summed E-state index contributed by atoms with van der Waals surface area (Å²) in [5.74, 6) is 0.00153. The highest BCUT2D eigenvalue weighted by Gasteiger charge is 2.31. The fourth-order valence-corrected chi connectivity index (χ4v) is 2.86. The van der Waals surface area contributed by atoms with Gasteiger partial charge in [0.05, 0.1) is 24.8 Å². The predicted molar refractivity (Wildman–Crippen MR) is 87.0 cm³/mol. The Morgan fingerprint density at radius 1 is 1.28 bits per heavy atom. The molecule has 3 rings (SSSR count). The lowest BCUT2D eigenvalue weighted by molar-refractivity contribution is -0.142.